The number of alkyl halides is 4. The van der Waals surface area contributed by atoms with Crippen LogP contribution in [0.2, 0.25) is 0 Å². The molecular formula is C6H9F4N. The van der Waals surface area contributed by atoms with E-state index < -0.39 is 30.2 Å². The van der Waals surface area contributed by atoms with Crippen molar-refractivity contribution in [2.45, 2.75) is 31.2 Å². The predicted octanol–water partition coefficient (Wildman–Crippen LogP) is 1.62. The molecule has 0 saturated heterocycles. The molecule has 1 unspecified atom stereocenters. The minimum Gasteiger partial charge on any atom is -0.327 e. The molecule has 0 aliphatic heterocycles. The number of hydrogen-bond acceptors (Lipinski definition) is 1. The highest BCUT2D eigenvalue weighted by atomic mass is 19.3. The largest absolute Gasteiger partial charge is 0.327 e. The first kappa shape index (κ1) is 8.77. The van der Waals surface area contributed by atoms with Crippen LogP contribution < -0.4 is 5.73 Å². The molecule has 2 N–H and O–H groups in total. The highest BCUT2D eigenvalue weighted by molar-refractivity contribution is 5.05. The molecule has 1 aliphatic carbocycles. The van der Waals surface area contributed by atoms with E-state index in [-0.39, 0.29) is 0 Å². The lowest BCUT2D eigenvalue weighted by molar-refractivity contribution is -0.316. The molecule has 1 aliphatic rings. The summed E-state index contributed by atoms with van der Waals surface area (Å²) in [5, 5.41) is 0. The third-order valence-electron chi connectivity index (χ3n) is 2.06. The van der Waals surface area contributed by atoms with Crippen molar-refractivity contribution in [1.82, 2.24) is 0 Å². The Morgan fingerprint density at radius 3 is 1.91 bits per heavy atom. The molecule has 1 saturated carbocycles. The molecule has 0 bridgehead atoms. The molecule has 1 nitrogen and oxygen atoms in total. The standard InChI is InChI=1S/C6H9F4N/c1-3(11)4-2-5(7,8)6(4,9)10/h3-4H,2,11H2,1H3/t3-,4?/m0/s1. The van der Waals surface area contributed by atoms with Crippen molar-refractivity contribution in [1.29, 1.82) is 0 Å². The average Bonchev–Trinajstić information content (AvgIpc) is 1.82. The number of halogens is 4. The van der Waals surface area contributed by atoms with Crippen LogP contribution >= 0.6 is 0 Å². The molecular weight excluding hydrogens is 162 g/mol. The van der Waals surface area contributed by atoms with Crippen molar-refractivity contribution in [3.05, 3.63) is 0 Å². The Balaban J connectivity index is 2.69. The van der Waals surface area contributed by atoms with Crippen molar-refractivity contribution >= 4 is 0 Å². The highest BCUT2D eigenvalue weighted by Gasteiger charge is 2.72. The van der Waals surface area contributed by atoms with E-state index in [0.29, 0.717) is 0 Å². The Morgan fingerprint density at radius 2 is 1.82 bits per heavy atom. The van der Waals surface area contributed by atoms with Crippen LogP contribution in [0.4, 0.5) is 17.6 Å². The van der Waals surface area contributed by atoms with E-state index >= 15 is 0 Å². The number of rotatable bonds is 1. The zero-order chi connectivity index (χ0) is 8.86. The smallest absolute Gasteiger partial charge is 0.314 e. The Morgan fingerprint density at radius 1 is 1.36 bits per heavy atom. The maximum atomic E-state index is 12.4. The van der Waals surface area contributed by atoms with Gasteiger partial charge in [-0.15, -0.1) is 0 Å². The van der Waals surface area contributed by atoms with Crippen LogP contribution in [0.3, 0.4) is 0 Å². The second-order valence-electron chi connectivity index (χ2n) is 3.00. The molecule has 1 fully saturated rings. The van der Waals surface area contributed by atoms with Gasteiger partial charge in [-0.25, -0.2) is 0 Å². The first-order valence-electron chi connectivity index (χ1n) is 3.30. The molecule has 0 radical (unpaired) electrons. The molecule has 0 heterocycles. The number of nitrogens with two attached hydrogens (primary N) is 1. The van der Waals surface area contributed by atoms with Crippen molar-refractivity contribution in [2.75, 3.05) is 0 Å². The van der Waals surface area contributed by atoms with Crippen LogP contribution in [-0.4, -0.2) is 17.9 Å². The van der Waals surface area contributed by atoms with E-state index in [1.165, 1.54) is 6.92 Å². The van der Waals surface area contributed by atoms with Crippen LogP contribution in [-0.2, 0) is 0 Å². The molecule has 5 heteroatoms. The molecule has 0 aromatic carbocycles. The van der Waals surface area contributed by atoms with Crippen molar-refractivity contribution in [3.63, 3.8) is 0 Å². The Labute approximate surface area is 61.6 Å². The fraction of sp³-hybridized carbons (Fsp3) is 1.00. The number of hydrogen-bond donors (Lipinski definition) is 1. The fourth-order valence-electron chi connectivity index (χ4n) is 1.20. The van der Waals surface area contributed by atoms with Gasteiger partial charge < -0.3 is 5.73 Å². The summed E-state index contributed by atoms with van der Waals surface area (Å²) in [4.78, 5) is 0. The Hall–Kier alpha value is -0.320. The van der Waals surface area contributed by atoms with Gasteiger partial charge in [-0.1, -0.05) is 0 Å². The van der Waals surface area contributed by atoms with E-state index in [4.69, 9.17) is 5.73 Å². The van der Waals surface area contributed by atoms with E-state index in [0.717, 1.165) is 0 Å². The fourth-order valence-corrected chi connectivity index (χ4v) is 1.20. The van der Waals surface area contributed by atoms with Gasteiger partial charge in [0.25, 0.3) is 0 Å². The van der Waals surface area contributed by atoms with E-state index in [9.17, 15) is 17.6 Å². The second kappa shape index (κ2) is 2.09. The van der Waals surface area contributed by atoms with Crippen LogP contribution in [0.1, 0.15) is 13.3 Å². The van der Waals surface area contributed by atoms with E-state index in [2.05, 4.69) is 0 Å². The third kappa shape index (κ3) is 1.02. The lowest BCUT2D eigenvalue weighted by Gasteiger charge is -2.45. The summed E-state index contributed by atoms with van der Waals surface area (Å²) in [7, 11) is 0. The van der Waals surface area contributed by atoms with Crippen molar-refractivity contribution < 1.29 is 17.6 Å². The summed E-state index contributed by atoms with van der Waals surface area (Å²) in [5.74, 6) is -9.11. The predicted molar refractivity (Wildman–Crippen MR) is 31.7 cm³/mol. The van der Waals surface area contributed by atoms with Crippen LogP contribution in [0.5, 0.6) is 0 Å². The topological polar surface area (TPSA) is 26.0 Å². The van der Waals surface area contributed by atoms with Gasteiger partial charge in [0, 0.05) is 18.4 Å². The summed E-state index contributed by atoms with van der Waals surface area (Å²) in [5.41, 5.74) is 5.08. The third-order valence-corrected chi connectivity index (χ3v) is 2.06. The first-order chi connectivity index (χ1) is 4.79. The van der Waals surface area contributed by atoms with Gasteiger partial charge in [-0.05, 0) is 6.92 Å². The van der Waals surface area contributed by atoms with Gasteiger partial charge in [-0.2, -0.15) is 17.6 Å². The van der Waals surface area contributed by atoms with E-state index in [1.807, 2.05) is 0 Å². The molecule has 1 rings (SSSR count). The van der Waals surface area contributed by atoms with Crippen molar-refractivity contribution in [3.8, 4) is 0 Å². The zero-order valence-corrected chi connectivity index (χ0v) is 5.95. The minimum absolute atomic E-state index is 0.794. The molecule has 66 valence electrons. The normalized spacial score (nSPS) is 36.0. The quantitative estimate of drug-likeness (QED) is 0.596. The summed E-state index contributed by atoms with van der Waals surface area (Å²) in [6.45, 7) is 1.31. The summed E-state index contributed by atoms with van der Waals surface area (Å²) >= 11 is 0. The van der Waals surface area contributed by atoms with Gasteiger partial charge in [0.15, 0.2) is 0 Å². The van der Waals surface area contributed by atoms with Gasteiger partial charge in [0.1, 0.15) is 0 Å². The van der Waals surface area contributed by atoms with Crippen LogP contribution in [0.15, 0.2) is 0 Å². The second-order valence-corrected chi connectivity index (χ2v) is 3.00. The molecule has 0 amide bonds. The molecule has 0 aromatic heterocycles. The van der Waals surface area contributed by atoms with Gasteiger partial charge in [0.2, 0.25) is 0 Å². The molecule has 0 aromatic rings. The average molecular weight is 171 g/mol. The molecule has 11 heavy (non-hydrogen) atoms. The maximum Gasteiger partial charge on any atom is 0.314 e. The van der Waals surface area contributed by atoms with Gasteiger partial charge in [-0.3, -0.25) is 0 Å². The Kier molecular flexibility index (Phi) is 1.67. The zero-order valence-electron chi connectivity index (χ0n) is 5.95. The monoisotopic (exact) mass is 171 g/mol. The van der Waals surface area contributed by atoms with Gasteiger partial charge in [0.05, 0.1) is 0 Å². The summed E-state index contributed by atoms with van der Waals surface area (Å²) in [6.07, 6.45) is -0.794. The van der Waals surface area contributed by atoms with Gasteiger partial charge >= 0.3 is 11.8 Å². The van der Waals surface area contributed by atoms with Crippen molar-refractivity contribution in [2.24, 2.45) is 11.7 Å². The SMILES string of the molecule is C[C@H](N)C1CC(F)(F)C1(F)F. The molecule has 2 atom stereocenters. The van der Waals surface area contributed by atoms with E-state index in [1.54, 1.807) is 0 Å². The Bertz CT molecular complexity index is 166. The minimum atomic E-state index is -3.90. The lowest BCUT2D eigenvalue weighted by Crippen LogP contribution is -2.63. The van der Waals surface area contributed by atoms with Crippen LogP contribution in [0.25, 0.3) is 0 Å². The van der Waals surface area contributed by atoms with Crippen LogP contribution in [0, 0.1) is 5.92 Å². The summed E-state index contributed by atoms with van der Waals surface area (Å²) in [6, 6.07) is -0.871. The molecule has 0 spiro atoms. The summed E-state index contributed by atoms with van der Waals surface area (Å²) < 4.78 is 49.0. The maximum absolute atomic E-state index is 12.4. The highest BCUT2D eigenvalue weighted by Crippen LogP contribution is 2.56. The first-order valence-corrected chi connectivity index (χ1v) is 3.30. The lowest BCUT2D eigenvalue weighted by atomic mass is 9.73.